The molecule has 110 valence electrons. The molecule has 4 unspecified atom stereocenters. The summed E-state index contributed by atoms with van der Waals surface area (Å²) in [5.74, 6) is 1.30. The van der Waals surface area contributed by atoms with Crippen LogP contribution in [0.4, 0.5) is 0 Å². The van der Waals surface area contributed by atoms with Gasteiger partial charge in [-0.3, -0.25) is 0 Å². The van der Waals surface area contributed by atoms with Crippen LogP contribution in [0.3, 0.4) is 0 Å². The fourth-order valence-electron chi connectivity index (χ4n) is 4.19. The summed E-state index contributed by atoms with van der Waals surface area (Å²) in [4.78, 5) is 0. The van der Waals surface area contributed by atoms with E-state index in [0.717, 1.165) is 6.61 Å². The maximum absolute atomic E-state index is 5.91. The third kappa shape index (κ3) is 2.19. The summed E-state index contributed by atoms with van der Waals surface area (Å²) in [6, 6.07) is 11.9. The second-order valence-corrected chi connectivity index (χ2v) is 7.34. The van der Waals surface area contributed by atoms with Gasteiger partial charge in [0.05, 0.1) is 6.10 Å². The number of benzene rings is 1. The van der Waals surface area contributed by atoms with Crippen LogP contribution in [-0.4, -0.2) is 18.8 Å². The van der Waals surface area contributed by atoms with Gasteiger partial charge < -0.3 is 10.1 Å². The van der Waals surface area contributed by atoms with Crippen molar-refractivity contribution in [2.24, 2.45) is 17.3 Å². The zero-order chi connectivity index (χ0) is 14.3. The molecule has 20 heavy (non-hydrogen) atoms. The first-order valence-electron chi connectivity index (χ1n) is 7.94. The normalized spacial score (nSPS) is 32.8. The van der Waals surface area contributed by atoms with E-state index in [0.29, 0.717) is 30.0 Å². The van der Waals surface area contributed by atoms with Crippen molar-refractivity contribution in [2.45, 2.75) is 52.3 Å². The molecule has 1 saturated carbocycles. The van der Waals surface area contributed by atoms with Crippen molar-refractivity contribution >= 4 is 0 Å². The molecule has 2 heteroatoms. The van der Waals surface area contributed by atoms with Gasteiger partial charge in [-0.15, -0.1) is 0 Å². The predicted molar refractivity (Wildman–Crippen MR) is 82.6 cm³/mol. The van der Waals surface area contributed by atoms with Crippen molar-refractivity contribution in [3.05, 3.63) is 35.9 Å². The van der Waals surface area contributed by atoms with Crippen LogP contribution in [0.1, 0.15) is 45.7 Å². The Morgan fingerprint density at radius 2 is 1.90 bits per heavy atom. The maximum atomic E-state index is 5.91. The van der Waals surface area contributed by atoms with Crippen molar-refractivity contribution in [3.63, 3.8) is 0 Å². The van der Waals surface area contributed by atoms with Gasteiger partial charge in [0, 0.05) is 30.0 Å². The lowest BCUT2D eigenvalue weighted by Crippen LogP contribution is -2.66. The highest BCUT2D eigenvalue weighted by molar-refractivity contribution is 5.21. The standard InChI is InChI=1S/C18H27NO/c1-12(2)15(13-8-6-5-7-9-13)19-16-14-10-11-20-17(14)18(16,3)4/h5-9,12,14-17,19H,10-11H2,1-4H3. The summed E-state index contributed by atoms with van der Waals surface area (Å²) >= 11 is 0. The van der Waals surface area contributed by atoms with E-state index in [-0.39, 0.29) is 5.41 Å². The minimum Gasteiger partial charge on any atom is -0.377 e. The van der Waals surface area contributed by atoms with Crippen LogP contribution in [0.5, 0.6) is 0 Å². The van der Waals surface area contributed by atoms with E-state index in [9.17, 15) is 0 Å². The van der Waals surface area contributed by atoms with E-state index in [1.807, 2.05) is 0 Å². The number of fused-ring (bicyclic) bond motifs is 1. The predicted octanol–water partition coefficient (Wildman–Crippen LogP) is 3.79. The van der Waals surface area contributed by atoms with Crippen LogP contribution in [-0.2, 0) is 4.74 Å². The molecule has 1 aliphatic carbocycles. The molecule has 0 radical (unpaired) electrons. The lowest BCUT2D eigenvalue weighted by Gasteiger charge is -2.56. The highest BCUT2D eigenvalue weighted by Crippen LogP contribution is 2.53. The van der Waals surface area contributed by atoms with Crippen molar-refractivity contribution < 1.29 is 4.74 Å². The molecule has 0 bridgehead atoms. The topological polar surface area (TPSA) is 21.3 Å². The third-order valence-electron chi connectivity index (χ3n) is 5.28. The molecule has 0 amide bonds. The molecular formula is C18H27NO. The van der Waals surface area contributed by atoms with Crippen molar-refractivity contribution in [1.29, 1.82) is 0 Å². The lowest BCUT2D eigenvalue weighted by atomic mass is 9.57. The van der Waals surface area contributed by atoms with E-state index in [1.54, 1.807) is 0 Å². The van der Waals surface area contributed by atoms with E-state index < -0.39 is 0 Å². The SMILES string of the molecule is CC(C)C(NC1C2CCOC2C1(C)C)c1ccccc1. The first-order chi connectivity index (χ1) is 9.51. The van der Waals surface area contributed by atoms with Gasteiger partial charge in [-0.1, -0.05) is 58.0 Å². The first kappa shape index (κ1) is 14.1. The van der Waals surface area contributed by atoms with Gasteiger partial charge in [-0.05, 0) is 17.9 Å². The zero-order valence-corrected chi connectivity index (χ0v) is 13.1. The fourth-order valence-corrected chi connectivity index (χ4v) is 4.19. The molecule has 4 atom stereocenters. The Morgan fingerprint density at radius 3 is 2.55 bits per heavy atom. The Balaban J connectivity index is 1.78. The van der Waals surface area contributed by atoms with E-state index >= 15 is 0 Å². The monoisotopic (exact) mass is 273 g/mol. The Kier molecular flexibility index (Phi) is 3.64. The molecule has 2 fully saturated rings. The van der Waals surface area contributed by atoms with Crippen molar-refractivity contribution in [3.8, 4) is 0 Å². The molecule has 0 spiro atoms. The van der Waals surface area contributed by atoms with Crippen LogP contribution in [0.2, 0.25) is 0 Å². The smallest absolute Gasteiger partial charge is 0.0685 e. The quantitative estimate of drug-likeness (QED) is 0.901. The number of nitrogens with one attached hydrogen (secondary N) is 1. The molecule has 1 saturated heterocycles. The van der Waals surface area contributed by atoms with Gasteiger partial charge in [-0.2, -0.15) is 0 Å². The molecular weight excluding hydrogens is 246 g/mol. The number of hydrogen-bond acceptors (Lipinski definition) is 2. The van der Waals surface area contributed by atoms with Crippen molar-refractivity contribution in [2.75, 3.05) is 6.61 Å². The molecule has 1 aliphatic heterocycles. The Morgan fingerprint density at radius 1 is 1.20 bits per heavy atom. The van der Waals surface area contributed by atoms with E-state index in [1.165, 1.54) is 12.0 Å². The van der Waals surface area contributed by atoms with Crippen LogP contribution >= 0.6 is 0 Å². The second-order valence-electron chi connectivity index (χ2n) is 7.34. The van der Waals surface area contributed by atoms with E-state index in [4.69, 9.17) is 4.74 Å². The lowest BCUT2D eigenvalue weighted by molar-refractivity contribution is -0.117. The largest absolute Gasteiger partial charge is 0.377 e. The second kappa shape index (κ2) is 5.16. The molecule has 1 aromatic carbocycles. The summed E-state index contributed by atoms with van der Waals surface area (Å²) in [7, 11) is 0. The summed E-state index contributed by atoms with van der Waals surface area (Å²) in [5, 5.41) is 3.95. The van der Waals surface area contributed by atoms with Gasteiger partial charge in [0.1, 0.15) is 0 Å². The molecule has 1 heterocycles. The average molecular weight is 273 g/mol. The average Bonchev–Trinajstić information content (AvgIpc) is 2.86. The Labute approximate surface area is 122 Å². The van der Waals surface area contributed by atoms with Gasteiger partial charge in [0.25, 0.3) is 0 Å². The summed E-state index contributed by atoms with van der Waals surface area (Å²) in [5.41, 5.74) is 1.66. The molecule has 2 aliphatic rings. The van der Waals surface area contributed by atoms with Crippen LogP contribution in [0, 0.1) is 17.3 Å². The van der Waals surface area contributed by atoms with Crippen LogP contribution < -0.4 is 5.32 Å². The maximum Gasteiger partial charge on any atom is 0.0685 e. The highest BCUT2D eigenvalue weighted by Gasteiger charge is 2.59. The molecule has 2 nitrogen and oxygen atoms in total. The number of rotatable bonds is 4. The van der Waals surface area contributed by atoms with Gasteiger partial charge >= 0.3 is 0 Å². The Hall–Kier alpha value is -0.860. The Bertz CT molecular complexity index is 454. The first-order valence-corrected chi connectivity index (χ1v) is 7.94. The fraction of sp³-hybridized carbons (Fsp3) is 0.667. The van der Waals surface area contributed by atoms with Crippen molar-refractivity contribution in [1.82, 2.24) is 5.32 Å². The number of hydrogen-bond donors (Lipinski definition) is 1. The summed E-state index contributed by atoms with van der Waals surface area (Å²) < 4.78 is 5.91. The zero-order valence-electron chi connectivity index (χ0n) is 13.1. The molecule has 1 N–H and O–H groups in total. The van der Waals surface area contributed by atoms with E-state index in [2.05, 4.69) is 63.3 Å². The van der Waals surface area contributed by atoms with Gasteiger partial charge in [0.15, 0.2) is 0 Å². The molecule has 1 aromatic rings. The van der Waals surface area contributed by atoms with Gasteiger partial charge in [0.2, 0.25) is 0 Å². The minimum atomic E-state index is 0.253. The molecule has 0 aromatic heterocycles. The summed E-state index contributed by atoms with van der Waals surface area (Å²) in [6.45, 7) is 10.2. The van der Waals surface area contributed by atoms with Crippen LogP contribution in [0.15, 0.2) is 30.3 Å². The third-order valence-corrected chi connectivity index (χ3v) is 5.28. The van der Waals surface area contributed by atoms with Crippen LogP contribution in [0.25, 0.3) is 0 Å². The minimum absolute atomic E-state index is 0.253. The highest BCUT2D eigenvalue weighted by atomic mass is 16.5. The summed E-state index contributed by atoms with van der Waals surface area (Å²) in [6.07, 6.45) is 1.68. The molecule has 3 rings (SSSR count). The number of ether oxygens (including phenoxy) is 1. The van der Waals surface area contributed by atoms with Gasteiger partial charge in [-0.25, -0.2) is 0 Å².